The van der Waals surface area contributed by atoms with E-state index in [1.54, 1.807) is 17.4 Å². The van der Waals surface area contributed by atoms with Crippen LogP contribution in [0.1, 0.15) is 48.6 Å². The van der Waals surface area contributed by atoms with Gasteiger partial charge in [0.25, 0.3) is 0 Å². The minimum atomic E-state index is 0.112. The van der Waals surface area contributed by atoms with Crippen molar-refractivity contribution in [2.24, 2.45) is 0 Å². The summed E-state index contributed by atoms with van der Waals surface area (Å²) < 4.78 is 0. The molecule has 0 fully saturated rings. The van der Waals surface area contributed by atoms with Gasteiger partial charge in [-0.25, -0.2) is 0 Å². The maximum Gasteiger partial charge on any atom is 0.131 e. The predicted molar refractivity (Wildman–Crippen MR) is 160 cm³/mol. The highest BCUT2D eigenvalue weighted by Crippen LogP contribution is 2.28. The summed E-state index contributed by atoms with van der Waals surface area (Å²) in [6, 6.07) is 25.4. The van der Waals surface area contributed by atoms with Gasteiger partial charge in [-0.2, -0.15) is 10.5 Å². The third kappa shape index (κ3) is 7.23. The van der Waals surface area contributed by atoms with Crippen LogP contribution in [0.4, 0.5) is 11.4 Å². The Hall–Kier alpha value is -4.06. The molecule has 0 saturated heterocycles. The number of nitriles is 2. The monoisotopic (exact) mass is 506 g/mol. The molecule has 37 heavy (non-hydrogen) atoms. The van der Waals surface area contributed by atoms with E-state index in [1.807, 2.05) is 24.3 Å². The number of rotatable bonds is 11. The Morgan fingerprint density at radius 3 is 1.59 bits per heavy atom. The topological polar surface area (TPSA) is 54.1 Å². The summed E-state index contributed by atoms with van der Waals surface area (Å²) in [7, 11) is 0. The Labute approximate surface area is 225 Å². The second-order valence-corrected chi connectivity index (χ2v) is 9.55. The van der Waals surface area contributed by atoms with Crippen LogP contribution < -0.4 is 9.80 Å². The molecule has 4 nitrogen and oxygen atoms in total. The lowest BCUT2D eigenvalue weighted by Gasteiger charge is -2.22. The first-order chi connectivity index (χ1) is 18.1. The fourth-order valence-corrected chi connectivity index (χ4v) is 5.11. The molecular formula is C32H34N4S. The number of hydrogen-bond donors (Lipinski definition) is 0. The summed E-state index contributed by atoms with van der Waals surface area (Å²) >= 11 is 1.55. The van der Waals surface area contributed by atoms with Crippen LogP contribution in [-0.2, 0) is 0 Å². The number of nitrogens with zero attached hydrogens (tertiary/aromatic N) is 4. The van der Waals surface area contributed by atoms with Crippen molar-refractivity contribution in [2.45, 2.75) is 27.7 Å². The predicted octanol–water partition coefficient (Wildman–Crippen LogP) is 8.02. The molecule has 0 bridgehead atoms. The van der Waals surface area contributed by atoms with Crippen molar-refractivity contribution in [3.8, 4) is 12.1 Å². The van der Waals surface area contributed by atoms with Crippen molar-refractivity contribution in [3.05, 3.63) is 99.3 Å². The summed E-state index contributed by atoms with van der Waals surface area (Å²) in [6.07, 6.45) is 7.91. The van der Waals surface area contributed by atoms with E-state index in [-0.39, 0.29) is 5.57 Å². The lowest BCUT2D eigenvalue weighted by atomic mass is 9.96. The van der Waals surface area contributed by atoms with Crippen LogP contribution in [0.3, 0.4) is 0 Å². The fourth-order valence-electron chi connectivity index (χ4n) is 4.25. The van der Waals surface area contributed by atoms with Gasteiger partial charge in [0, 0.05) is 47.3 Å². The zero-order valence-corrected chi connectivity index (χ0v) is 22.9. The molecule has 1 heterocycles. The number of hydrogen-bond acceptors (Lipinski definition) is 5. The second-order valence-electron chi connectivity index (χ2n) is 8.40. The molecule has 0 amide bonds. The van der Waals surface area contributed by atoms with Gasteiger partial charge in [-0.05, 0) is 92.9 Å². The normalized spacial score (nSPS) is 10.4. The Balaban J connectivity index is 1.95. The second kappa shape index (κ2) is 13.9. The summed E-state index contributed by atoms with van der Waals surface area (Å²) in [5, 5.41) is 18.0. The standard InChI is InChI=1S/C32H34N4S/c1-5-35(6-2)28-16-12-26(13-17-28)32(27-14-18-29(19-15-27)36(7-3)8-4)11-9-10-30-20-21-31(37-30)22-25(23-33)24-34/h9-22H,5-8H2,1-4H3. The Morgan fingerprint density at radius 1 is 0.703 bits per heavy atom. The summed E-state index contributed by atoms with van der Waals surface area (Å²) in [5.41, 5.74) is 6.06. The van der Waals surface area contributed by atoms with Crippen molar-refractivity contribution in [1.82, 2.24) is 0 Å². The molecule has 2 aromatic carbocycles. The van der Waals surface area contributed by atoms with Crippen LogP contribution in [0.5, 0.6) is 0 Å². The molecule has 0 aliphatic carbocycles. The first kappa shape index (κ1) is 27.5. The van der Waals surface area contributed by atoms with Gasteiger partial charge in [-0.15, -0.1) is 11.3 Å². The highest BCUT2D eigenvalue weighted by Gasteiger charge is 2.09. The lowest BCUT2D eigenvalue weighted by molar-refractivity contribution is 0.866. The molecule has 3 aromatic rings. The van der Waals surface area contributed by atoms with Gasteiger partial charge in [0.05, 0.1) is 0 Å². The lowest BCUT2D eigenvalue weighted by Crippen LogP contribution is -2.21. The molecule has 0 spiro atoms. The third-order valence-corrected chi connectivity index (χ3v) is 7.31. The minimum absolute atomic E-state index is 0.112. The van der Waals surface area contributed by atoms with Gasteiger partial charge in [-0.1, -0.05) is 36.4 Å². The van der Waals surface area contributed by atoms with E-state index in [4.69, 9.17) is 10.5 Å². The molecule has 0 aliphatic heterocycles. The van der Waals surface area contributed by atoms with Crippen LogP contribution in [0.15, 0.2) is 78.4 Å². The molecule has 0 unspecified atom stereocenters. The molecule has 0 atom stereocenters. The van der Waals surface area contributed by atoms with Crippen molar-refractivity contribution in [1.29, 1.82) is 10.5 Å². The maximum atomic E-state index is 9.00. The van der Waals surface area contributed by atoms with Gasteiger partial charge in [-0.3, -0.25) is 0 Å². The van der Waals surface area contributed by atoms with Crippen LogP contribution >= 0.6 is 11.3 Å². The Bertz CT molecular complexity index is 1250. The largest absolute Gasteiger partial charge is 0.372 e. The Kier molecular flexibility index (Phi) is 10.3. The average Bonchev–Trinajstić information content (AvgIpc) is 3.39. The fraction of sp³-hybridized carbons (Fsp3) is 0.250. The Morgan fingerprint density at radius 2 is 1.16 bits per heavy atom. The van der Waals surface area contributed by atoms with Crippen molar-refractivity contribution in [2.75, 3.05) is 36.0 Å². The number of thiophene rings is 1. The quantitative estimate of drug-likeness (QED) is 0.195. The number of allylic oxidation sites excluding steroid dienone is 3. The van der Waals surface area contributed by atoms with E-state index in [2.05, 4.69) is 104 Å². The van der Waals surface area contributed by atoms with Gasteiger partial charge < -0.3 is 9.80 Å². The molecular weight excluding hydrogens is 472 g/mol. The highest BCUT2D eigenvalue weighted by molar-refractivity contribution is 7.13. The molecule has 0 radical (unpaired) electrons. The van der Waals surface area contributed by atoms with Crippen LogP contribution in [0, 0.1) is 22.7 Å². The van der Waals surface area contributed by atoms with Crippen molar-refractivity contribution in [3.63, 3.8) is 0 Å². The highest BCUT2D eigenvalue weighted by atomic mass is 32.1. The van der Waals surface area contributed by atoms with Crippen LogP contribution in [0.25, 0.3) is 17.7 Å². The minimum Gasteiger partial charge on any atom is -0.372 e. The van der Waals surface area contributed by atoms with Gasteiger partial charge in [0.2, 0.25) is 0 Å². The van der Waals surface area contributed by atoms with E-state index in [1.165, 1.54) is 22.5 Å². The molecule has 0 aliphatic rings. The first-order valence-corrected chi connectivity index (χ1v) is 13.6. The van der Waals surface area contributed by atoms with E-state index >= 15 is 0 Å². The maximum absolute atomic E-state index is 9.00. The molecule has 5 heteroatoms. The number of anilines is 2. The van der Waals surface area contributed by atoms with E-state index in [9.17, 15) is 0 Å². The molecule has 0 N–H and O–H groups in total. The summed E-state index contributed by atoms with van der Waals surface area (Å²) in [5.74, 6) is 0. The molecule has 188 valence electrons. The first-order valence-electron chi connectivity index (χ1n) is 12.8. The van der Waals surface area contributed by atoms with Crippen LogP contribution in [0.2, 0.25) is 0 Å². The molecule has 1 aromatic heterocycles. The van der Waals surface area contributed by atoms with E-state index < -0.39 is 0 Å². The van der Waals surface area contributed by atoms with E-state index in [0.717, 1.165) is 41.5 Å². The summed E-state index contributed by atoms with van der Waals surface area (Å²) in [6.45, 7) is 12.6. The van der Waals surface area contributed by atoms with Crippen molar-refractivity contribution < 1.29 is 0 Å². The zero-order chi connectivity index (χ0) is 26.6. The molecule has 3 rings (SSSR count). The third-order valence-electron chi connectivity index (χ3n) is 6.31. The number of benzene rings is 2. The SMILES string of the molecule is CCN(CC)c1ccc(C(=CC=Cc2ccc(C=C(C#N)C#N)s2)c2ccc(N(CC)CC)cc2)cc1. The van der Waals surface area contributed by atoms with Gasteiger partial charge in [0.1, 0.15) is 17.7 Å². The summed E-state index contributed by atoms with van der Waals surface area (Å²) in [4.78, 5) is 6.64. The smallest absolute Gasteiger partial charge is 0.131 e. The van der Waals surface area contributed by atoms with Gasteiger partial charge >= 0.3 is 0 Å². The molecule has 0 saturated carbocycles. The van der Waals surface area contributed by atoms with E-state index in [0.29, 0.717) is 0 Å². The van der Waals surface area contributed by atoms with Crippen molar-refractivity contribution >= 4 is 40.4 Å². The average molecular weight is 507 g/mol. The van der Waals surface area contributed by atoms with Gasteiger partial charge in [0.15, 0.2) is 0 Å². The zero-order valence-electron chi connectivity index (χ0n) is 22.1. The van der Waals surface area contributed by atoms with Crippen LogP contribution in [-0.4, -0.2) is 26.2 Å².